The van der Waals surface area contributed by atoms with Gasteiger partial charge in [-0.15, -0.1) is 0 Å². The number of nitrogens with one attached hydrogen (secondary N) is 1. The van der Waals surface area contributed by atoms with Crippen LogP contribution in [0.5, 0.6) is 0 Å². The van der Waals surface area contributed by atoms with Crippen LogP contribution in [0.2, 0.25) is 0 Å². The third kappa shape index (κ3) is 5.35. The Labute approximate surface area is 160 Å². The molecule has 0 fully saturated rings. The van der Waals surface area contributed by atoms with Crippen molar-refractivity contribution in [2.45, 2.75) is 6.18 Å². The molecule has 28 heavy (non-hydrogen) atoms. The van der Waals surface area contributed by atoms with Crippen molar-refractivity contribution in [1.82, 2.24) is 0 Å². The van der Waals surface area contributed by atoms with Crippen LogP contribution in [0.15, 0.2) is 48.5 Å². The molecule has 0 unspecified atom stereocenters. The summed E-state index contributed by atoms with van der Waals surface area (Å²) in [5, 5.41) is 2.47. The molecule has 1 amide bonds. The van der Waals surface area contributed by atoms with E-state index in [1.165, 1.54) is 25.3 Å². The number of carbonyl (C=O) groups is 2. The summed E-state index contributed by atoms with van der Waals surface area (Å²) in [4.78, 5) is 25.2. The Morgan fingerprint density at radius 1 is 1.07 bits per heavy atom. The highest BCUT2D eigenvalue weighted by molar-refractivity contribution is 6.04. The lowest BCUT2D eigenvalue weighted by atomic mass is 10.1. The number of halogens is 3. The maximum absolute atomic E-state index is 12.9. The number of hydrogen-bond donors (Lipinski definition) is 1. The van der Waals surface area contributed by atoms with Gasteiger partial charge in [0.1, 0.15) is 0 Å². The summed E-state index contributed by atoms with van der Waals surface area (Å²) in [6.45, 7) is 0. The van der Waals surface area contributed by atoms with Gasteiger partial charge in [0, 0.05) is 20.2 Å². The van der Waals surface area contributed by atoms with Crippen LogP contribution in [0.4, 0.5) is 24.5 Å². The standard InChI is InChI=1S/C20H19F3N2O3/c1-25(2)17-10-9-15(20(21,22)23)12-16(17)24-18(26)11-6-13-4-7-14(8-5-13)19(27)28-3/h4-12H,1-3H3,(H,24,26)/b11-6+. The molecule has 0 atom stereocenters. The monoisotopic (exact) mass is 392 g/mol. The number of nitrogens with zero attached hydrogens (tertiary/aromatic N) is 1. The predicted molar refractivity (Wildman–Crippen MR) is 101 cm³/mol. The number of rotatable bonds is 5. The molecule has 2 aromatic rings. The Balaban J connectivity index is 2.17. The molecule has 0 radical (unpaired) electrons. The number of alkyl halides is 3. The molecular formula is C20H19F3N2O3. The smallest absolute Gasteiger partial charge is 0.416 e. The van der Waals surface area contributed by atoms with Gasteiger partial charge in [0.15, 0.2) is 0 Å². The second-order valence-electron chi connectivity index (χ2n) is 6.06. The van der Waals surface area contributed by atoms with Crippen LogP contribution < -0.4 is 10.2 Å². The molecule has 0 aliphatic rings. The number of ether oxygens (including phenoxy) is 1. The van der Waals surface area contributed by atoms with Gasteiger partial charge in [-0.2, -0.15) is 13.2 Å². The first-order valence-electron chi connectivity index (χ1n) is 8.18. The lowest BCUT2D eigenvalue weighted by molar-refractivity contribution is -0.137. The molecular weight excluding hydrogens is 373 g/mol. The summed E-state index contributed by atoms with van der Waals surface area (Å²) in [7, 11) is 4.60. The maximum Gasteiger partial charge on any atom is 0.416 e. The number of hydrogen-bond acceptors (Lipinski definition) is 4. The van der Waals surface area contributed by atoms with Gasteiger partial charge in [0.2, 0.25) is 5.91 Å². The average Bonchev–Trinajstić information content (AvgIpc) is 2.65. The minimum Gasteiger partial charge on any atom is -0.465 e. The van der Waals surface area contributed by atoms with E-state index in [9.17, 15) is 22.8 Å². The zero-order valence-corrected chi connectivity index (χ0v) is 15.5. The molecule has 8 heteroatoms. The third-order valence-corrected chi connectivity index (χ3v) is 3.82. The molecule has 0 bridgehead atoms. The molecule has 0 aromatic heterocycles. The Hall–Kier alpha value is -3.29. The van der Waals surface area contributed by atoms with E-state index in [1.807, 2.05) is 0 Å². The molecule has 0 heterocycles. The summed E-state index contributed by atoms with van der Waals surface area (Å²) in [5.41, 5.74) is 0.645. The molecule has 2 aromatic carbocycles. The Morgan fingerprint density at radius 3 is 2.25 bits per heavy atom. The predicted octanol–water partition coefficient (Wildman–Crippen LogP) is 4.21. The summed E-state index contributed by atoms with van der Waals surface area (Å²) >= 11 is 0. The number of benzene rings is 2. The summed E-state index contributed by atoms with van der Waals surface area (Å²) in [6.07, 6.45) is -1.83. The van der Waals surface area contributed by atoms with Crippen molar-refractivity contribution in [1.29, 1.82) is 0 Å². The van der Waals surface area contributed by atoms with Crippen LogP contribution in [-0.4, -0.2) is 33.1 Å². The van der Waals surface area contributed by atoms with Crippen molar-refractivity contribution in [3.8, 4) is 0 Å². The number of methoxy groups -OCH3 is 1. The highest BCUT2D eigenvalue weighted by Gasteiger charge is 2.31. The fourth-order valence-corrected chi connectivity index (χ4v) is 2.40. The quantitative estimate of drug-likeness (QED) is 0.612. The van der Waals surface area contributed by atoms with Crippen molar-refractivity contribution < 1.29 is 27.5 Å². The van der Waals surface area contributed by atoms with E-state index in [0.29, 0.717) is 16.8 Å². The van der Waals surface area contributed by atoms with E-state index < -0.39 is 23.6 Å². The Bertz CT molecular complexity index is 889. The van der Waals surface area contributed by atoms with Gasteiger partial charge in [0.25, 0.3) is 0 Å². The molecule has 1 N–H and O–H groups in total. The SMILES string of the molecule is COC(=O)c1ccc(/C=C/C(=O)Nc2cc(C(F)(F)F)ccc2N(C)C)cc1. The second-order valence-corrected chi connectivity index (χ2v) is 6.06. The van der Waals surface area contributed by atoms with E-state index in [4.69, 9.17) is 0 Å². The number of anilines is 2. The van der Waals surface area contributed by atoms with Gasteiger partial charge < -0.3 is 15.0 Å². The summed E-state index contributed by atoms with van der Waals surface area (Å²) in [6, 6.07) is 9.47. The number of amides is 1. The van der Waals surface area contributed by atoms with Crippen molar-refractivity contribution in [3.05, 3.63) is 65.2 Å². The first-order chi connectivity index (χ1) is 13.1. The maximum atomic E-state index is 12.9. The second kappa shape index (κ2) is 8.60. The van der Waals surface area contributed by atoms with Gasteiger partial charge in [-0.3, -0.25) is 4.79 Å². The Morgan fingerprint density at radius 2 is 1.71 bits per heavy atom. The summed E-state index contributed by atoms with van der Waals surface area (Å²) in [5.74, 6) is -1.06. The molecule has 148 valence electrons. The van der Waals surface area contributed by atoms with Gasteiger partial charge in [-0.1, -0.05) is 12.1 Å². The largest absolute Gasteiger partial charge is 0.465 e. The molecule has 5 nitrogen and oxygen atoms in total. The average molecular weight is 392 g/mol. The molecule has 0 aliphatic carbocycles. The zero-order chi connectivity index (χ0) is 20.9. The van der Waals surface area contributed by atoms with E-state index in [1.54, 1.807) is 43.3 Å². The van der Waals surface area contributed by atoms with E-state index in [2.05, 4.69) is 10.1 Å². The molecule has 0 aliphatic heterocycles. The Kier molecular flexibility index (Phi) is 6.45. The highest BCUT2D eigenvalue weighted by atomic mass is 19.4. The number of esters is 1. The number of carbonyl (C=O) groups excluding carboxylic acids is 2. The fourth-order valence-electron chi connectivity index (χ4n) is 2.40. The van der Waals surface area contributed by atoms with Gasteiger partial charge in [-0.25, -0.2) is 4.79 Å². The van der Waals surface area contributed by atoms with Crippen LogP contribution in [0.25, 0.3) is 6.08 Å². The van der Waals surface area contributed by atoms with Crippen molar-refractivity contribution in [2.75, 3.05) is 31.4 Å². The third-order valence-electron chi connectivity index (χ3n) is 3.82. The molecule has 0 spiro atoms. The van der Waals surface area contributed by atoms with E-state index in [-0.39, 0.29) is 5.69 Å². The fraction of sp³-hybridized carbons (Fsp3) is 0.200. The van der Waals surface area contributed by atoms with Gasteiger partial charge >= 0.3 is 12.1 Å². The van der Waals surface area contributed by atoms with Crippen LogP contribution in [0.3, 0.4) is 0 Å². The topological polar surface area (TPSA) is 58.6 Å². The van der Waals surface area contributed by atoms with Crippen molar-refractivity contribution >= 4 is 29.3 Å². The lowest BCUT2D eigenvalue weighted by Crippen LogP contribution is -2.16. The van der Waals surface area contributed by atoms with Gasteiger partial charge in [-0.05, 0) is 42.0 Å². The van der Waals surface area contributed by atoms with Gasteiger partial charge in [0.05, 0.1) is 29.6 Å². The van der Waals surface area contributed by atoms with Crippen LogP contribution in [0.1, 0.15) is 21.5 Å². The molecule has 0 saturated heterocycles. The van der Waals surface area contributed by atoms with Crippen molar-refractivity contribution in [2.24, 2.45) is 0 Å². The minimum absolute atomic E-state index is 0.0514. The van der Waals surface area contributed by atoms with E-state index >= 15 is 0 Å². The van der Waals surface area contributed by atoms with E-state index in [0.717, 1.165) is 12.1 Å². The molecule has 2 rings (SSSR count). The van der Waals surface area contributed by atoms with Crippen LogP contribution in [-0.2, 0) is 15.7 Å². The lowest BCUT2D eigenvalue weighted by Gasteiger charge is -2.19. The summed E-state index contributed by atoms with van der Waals surface area (Å²) < 4.78 is 43.4. The highest BCUT2D eigenvalue weighted by Crippen LogP contribution is 2.34. The van der Waals surface area contributed by atoms with Crippen LogP contribution in [0, 0.1) is 0 Å². The first-order valence-corrected chi connectivity index (χ1v) is 8.18. The molecule has 0 saturated carbocycles. The zero-order valence-electron chi connectivity index (χ0n) is 15.5. The first kappa shape index (κ1) is 21.0. The minimum atomic E-state index is -4.51. The van der Waals surface area contributed by atoms with Crippen molar-refractivity contribution in [3.63, 3.8) is 0 Å². The van der Waals surface area contributed by atoms with Crippen LogP contribution >= 0.6 is 0 Å². The normalized spacial score (nSPS) is 11.4.